The van der Waals surface area contributed by atoms with Gasteiger partial charge in [0.1, 0.15) is 5.75 Å². The molecular formula is C15H14Br2N2O2. The maximum atomic E-state index is 11.9. The molecule has 0 atom stereocenters. The van der Waals surface area contributed by atoms with Crippen molar-refractivity contribution in [1.29, 1.82) is 0 Å². The zero-order valence-electron chi connectivity index (χ0n) is 11.1. The topological polar surface area (TPSA) is 64.3 Å². The minimum absolute atomic E-state index is 0.0511. The van der Waals surface area contributed by atoms with Gasteiger partial charge in [-0.1, -0.05) is 28.1 Å². The van der Waals surface area contributed by atoms with E-state index in [0.29, 0.717) is 18.0 Å². The van der Waals surface area contributed by atoms with Crippen LogP contribution in [0.2, 0.25) is 0 Å². The van der Waals surface area contributed by atoms with E-state index in [1.165, 1.54) is 0 Å². The Balaban J connectivity index is 1.89. The molecule has 4 nitrogen and oxygen atoms in total. The molecule has 0 saturated heterocycles. The van der Waals surface area contributed by atoms with Crippen molar-refractivity contribution in [3.63, 3.8) is 0 Å². The molecule has 0 aliphatic carbocycles. The monoisotopic (exact) mass is 412 g/mol. The van der Waals surface area contributed by atoms with Gasteiger partial charge in [-0.2, -0.15) is 0 Å². The minimum atomic E-state index is -0.221. The van der Waals surface area contributed by atoms with Crippen LogP contribution >= 0.6 is 31.9 Å². The van der Waals surface area contributed by atoms with Gasteiger partial charge < -0.3 is 15.8 Å². The van der Waals surface area contributed by atoms with Gasteiger partial charge in [-0.25, -0.2) is 0 Å². The van der Waals surface area contributed by atoms with Gasteiger partial charge in [-0.15, -0.1) is 0 Å². The lowest BCUT2D eigenvalue weighted by molar-refractivity contribution is -0.118. The summed E-state index contributed by atoms with van der Waals surface area (Å²) < 4.78 is 7.16. The van der Waals surface area contributed by atoms with Crippen molar-refractivity contribution in [3.8, 4) is 5.75 Å². The van der Waals surface area contributed by atoms with E-state index < -0.39 is 0 Å². The average molecular weight is 414 g/mol. The normalized spacial score (nSPS) is 10.2. The Hall–Kier alpha value is -1.37. The molecule has 0 aliphatic rings. The van der Waals surface area contributed by atoms with Crippen LogP contribution in [0.4, 0.5) is 5.69 Å². The Kier molecular flexibility index (Phi) is 5.78. The van der Waals surface area contributed by atoms with Crippen molar-refractivity contribution in [3.05, 3.63) is 57.0 Å². The second-order valence-electron chi connectivity index (χ2n) is 4.31. The molecular weight excluding hydrogens is 400 g/mol. The predicted octanol–water partition coefficient (Wildman–Crippen LogP) is 3.69. The maximum absolute atomic E-state index is 11.9. The highest BCUT2D eigenvalue weighted by molar-refractivity contribution is 9.11. The molecule has 0 radical (unpaired) electrons. The van der Waals surface area contributed by atoms with Crippen LogP contribution in [0.1, 0.15) is 5.56 Å². The summed E-state index contributed by atoms with van der Waals surface area (Å²) in [5.41, 5.74) is 7.24. The van der Waals surface area contributed by atoms with Crippen molar-refractivity contribution in [2.75, 3.05) is 11.9 Å². The molecule has 2 rings (SSSR count). The summed E-state index contributed by atoms with van der Waals surface area (Å²) >= 11 is 6.75. The molecule has 6 heteroatoms. The highest BCUT2D eigenvalue weighted by Crippen LogP contribution is 2.26. The van der Waals surface area contributed by atoms with Crippen LogP contribution < -0.4 is 15.8 Å². The van der Waals surface area contributed by atoms with E-state index in [0.717, 1.165) is 14.5 Å². The first-order chi connectivity index (χ1) is 10.1. The minimum Gasteiger partial charge on any atom is -0.484 e. The lowest BCUT2D eigenvalue weighted by atomic mass is 10.2. The third-order valence-electron chi connectivity index (χ3n) is 2.73. The fourth-order valence-electron chi connectivity index (χ4n) is 1.65. The summed E-state index contributed by atoms with van der Waals surface area (Å²) in [5.74, 6) is 0.415. The van der Waals surface area contributed by atoms with E-state index in [1.54, 1.807) is 12.1 Å². The Morgan fingerprint density at radius 1 is 1.14 bits per heavy atom. The predicted molar refractivity (Wildman–Crippen MR) is 90.3 cm³/mol. The summed E-state index contributed by atoms with van der Waals surface area (Å²) in [4.78, 5) is 11.9. The van der Waals surface area contributed by atoms with Gasteiger partial charge in [-0.05, 0) is 51.8 Å². The number of carbonyl (C=O) groups excluding carboxylic acids is 1. The van der Waals surface area contributed by atoms with Gasteiger partial charge in [0.2, 0.25) is 0 Å². The number of nitrogens with one attached hydrogen (secondary N) is 1. The van der Waals surface area contributed by atoms with Gasteiger partial charge >= 0.3 is 0 Å². The van der Waals surface area contributed by atoms with Crippen molar-refractivity contribution in [2.24, 2.45) is 5.73 Å². The molecule has 0 fully saturated rings. The summed E-state index contributed by atoms with van der Waals surface area (Å²) in [6.07, 6.45) is 0. The van der Waals surface area contributed by atoms with Crippen LogP contribution in [-0.2, 0) is 11.3 Å². The van der Waals surface area contributed by atoms with Gasteiger partial charge in [-0.3, -0.25) is 4.79 Å². The molecule has 0 unspecified atom stereocenters. The van der Waals surface area contributed by atoms with Crippen molar-refractivity contribution in [1.82, 2.24) is 0 Å². The zero-order chi connectivity index (χ0) is 15.2. The number of amides is 1. The van der Waals surface area contributed by atoms with Crippen LogP contribution in [0.3, 0.4) is 0 Å². The van der Waals surface area contributed by atoms with E-state index in [-0.39, 0.29) is 12.5 Å². The van der Waals surface area contributed by atoms with Crippen molar-refractivity contribution >= 4 is 43.5 Å². The molecule has 110 valence electrons. The van der Waals surface area contributed by atoms with Gasteiger partial charge in [0, 0.05) is 15.5 Å². The van der Waals surface area contributed by atoms with Crippen LogP contribution in [0.5, 0.6) is 5.75 Å². The number of halogens is 2. The van der Waals surface area contributed by atoms with Crippen LogP contribution in [0.25, 0.3) is 0 Å². The Morgan fingerprint density at radius 3 is 2.48 bits per heavy atom. The summed E-state index contributed by atoms with van der Waals surface area (Å²) in [7, 11) is 0. The number of rotatable bonds is 5. The number of ether oxygens (including phenoxy) is 1. The second-order valence-corrected chi connectivity index (χ2v) is 6.08. The fraction of sp³-hybridized carbons (Fsp3) is 0.133. The molecule has 2 aromatic carbocycles. The lowest BCUT2D eigenvalue weighted by Gasteiger charge is -2.09. The van der Waals surface area contributed by atoms with E-state index in [1.807, 2.05) is 30.3 Å². The third kappa shape index (κ3) is 4.84. The first-order valence-corrected chi connectivity index (χ1v) is 7.84. The number of carbonyl (C=O) groups is 1. The highest BCUT2D eigenvalue weighted by atomic mass is 79.9. The van der Waals surface area contributed by atoms with Crippen LogP contribution in [-0.4, -0.2) is 12.5 Å². The Morgan fingerprint density at radius 2 is 1.86 bits per heavy atom. The second kappa shape index (κ2) is 7.59. The molecule has 2 aromatic rings. The van der Waals surface area contributed by atoms with Crippen molar-refractivity contribution < 1.29 is 9.53 Å². The number of anilines is 1. The van der Waals surface area contributed by atoms with E-state index >= 15 is 0 Å². The molecule has 0 heterocycles. The SMILES string of the molecule is NCc1ccc(OCC(=O)Nc2ccc(Br)cc2Br)cc1. The molecule has 0 aliphatic heterocycles. The fourth-order valence-corrected chi connectivity index (χ4v) is 2.79. The van der Waals surface area contributed by atoms with Crippen LogP contribution in [0.15, 0.2) is 51.4 Å². The standard InChI is InChI=1S/C15H14Br2N2O2/c16-11-3-6-14(13(17)7-11)19-15(20)9-21-12-4-1-10(8-18)2-5-12/h1-7H,8-9,18H2,(H,19,20). The van der Waals surface area contributed by atoms with E-state index in [4.69, 9.17) is 10.5 Å². The Bertz CT molecular complexity index is 630. The molecule has 0 bridgehead atoms. The van der Waals surface area contributed by atoms with E-state index in [2.05, 4.69) is 37.2 Å². The Labute approximate surface area is 139 Å². The van der Waals surface area contributed by atoms with Gasteiger partial charge in [0.15, 0.2) is 6.61 Å². The van der Waals surface area contributed by atoms with Gasteiger partial charge in [0.25, 0.3) is 5.91 Å². The quantitative estimate of drug-likeness (QED) is 0.785. The molecule has 1 amide bonds. The summed E-state index contributed by atoms with van der Waals surface area (Å²) in [5, 5.41) is 2.78. The zero-order valence-corrected chi connectivity index (χ0v) is 14.3. The van der Waals surface area contributed by atoms with Crippen molar-refractivity contribution in [2.45, 2.75) is 6.54 Å². The largest absolute Gasteiger partial charge is 0.484 e. The smallest absolute Gasteiger partial charge is 0.262 e. The number of hydrogen-bond donors (Lipinski definition) is 2. The lowest BCUT2D eigenvalue weighted by Crippen LogP contribution is -2.20. The number of nitrogens with two attached hydrogens (primary N) is 1. The van der Waals surface area contributed by atoms with Gasteiger partial charge in [0.05, 0.1) is 5.69 Å². The molecule has 0 spiro atoms. The molecule has 21 heavy (non-hydrogen) atoms. The summed E-state index contributed by atoms with van der Waals surface area (Å²) in [6, 6.07) is 12.9. The first kappa shape index (κ1) is 16.0. The molecule has 3 N–H and O–H groups in total. The number of hydrogen-bond acceptors (Lipinski definition) is 3. The molecule has 0 aromatic heterocycles. The van der Waals surface area contributed by atoms with E-state index in [9.17, 15) is 4.79 Å². The summed E-state index contributed by atoms with van der Waals surface area (Å²) in [6.45, 7) is 0.433. The first-order valence-electron chi connectivity index (χ1n) is 6.25. The molecule has 0 saturated carbocycles. The maximum Gasteiger partial charge on any atom is 0.262 e. The highest BCUT2D eigenvalue weighted by Gasteiger charge is 2.07. The third-order valence-corrected chi connectivity index (χ3v) is 3.88. The average Bonchev–Trinajstić information content (AvgIpc) is 2.48. The number of benzene rings is 2. The van der Waals surface area contributed by atoms with Crippen LogP contribution in [0, 0.1) is 0 Å².